The van der Waals surface area contributed by atoms with Crippen molar-refractivity contribution in [2.24, 2.45) is 5.92 Å². The van der Waals surface area contributed by atoms with Crippen molar-refractivity contribution in [2.75, 3.05) is 6.54 Å². The minimum atomic E-state index is -1.30. The molecule has 0 aliphatic carbocycles. The molecule has 0 heterocycles. The molecule has 1 aromatic carbocycles. The molecule has 0 fully saturated rings. The fourth-order valence-corrected chi connectivity index (χ4v) is 2.55. The van der Waals surface area contributed by atoms with E-state index < -0.39 is 17.1 Å². The van der Waals surface area contributed by atoms with Crippen LogP contribution in [0.15, 0.2) is 29.2 Å². The quantitative estimate of drug-likeness (QED) is 0.811. The topological polar surface area (TPSA) is 49.3 Å². The molecule has 0 saturated carbocycles. The second-order valence-corrected chi connectivity index (χ2v) is 6.21. The molecule has 0 aliphatic rings. The highest BCUT2D eigenvalue weighted by molar-refractivity contribution is 7.83. The van der Waals surface area contributed by atoms with Crippen LogP contribution in [0.3, 0.4) is 0 Å². The van der Waals surface area contributed by atoms with Crippen LogP contribution in [0.4, 0.5) is 0 Å². The fourth-order valence-electron chi connectivity index (χ4n) is 1.53. The van der Waals surface area contributed by atoms with Crippen molar-refractivity contribution in [2.45, 2.75) is 37.7 Å². The molecule has 0 spiro atoms. The van der Waals surface area contributed by atoms with Gasteiger partial charge >= 0.3 is 0 Å². The summed E-state index contributed by atoms with van der Waals surface area (Å²) in [4.78, 5) is 0.662. The summed E-state index contributed by atoms with van der Waals surface area (Å²) in [5.74, 6) is 0.478. The molecule has 102 valence electrons. The smallest absolute Gasteiger partial charge is 0.124 e. The predicted molar refractivity (Wildman–Crippen MR) is 75.9 cm³/mol. The molecule has 1 rings (SSSR count). The number of aliphatic hydroxyl groups excluding tert-OH is 1. The zero-order valence-corrected chi connectivity index (χ0v) is 12.3. The molecule has 3 nitrogen and oxygen atoms in total. The van der Waals surface area contributed by atoms with Gasteiger partial charge in [-0.25, -0.2) is 8.93 Å². The van der Waals surface area contributed by atoms with Crippen LogP contribution in [0.25, 0.3) is 0 Å². The van der Waals surface area contributed by atoms with E-state index in [0.29, 0.717) is 22.4 Å². The summed E-state index contributed by atoms with van der Waals surface area (Å²) in [5, 5.41) is 10.4. The average molecular weight is 290 g/mol. The Bertz CT molecular complexity index is 383. The summed E-state index contributed by atoms with van der Waals surface area (Å²) < 4.78 is 14.7. The van der Waals surface area contributed by atoms with Gasteiger partial charge in [-0.05, 0) is 36.6 Å². The van der Waals surface area contributed by atoms with Crippen LogP contribution in [0.5, 0.6) is 0 Å². The molecule has 0 radical (unpaired) electrons. The monoisotopic (exact) mass is 289 g/mol. The van der Waals surface area contributed by atoms with E-state index in [-0.39, 0.29) is 0 Å². The zero-order chi connectivity index (χ0) is 13.5. The molecule has 5 heteroatoms. The standard InChI is InChI=1S/C13H20ClNO2S/c1-3-10(2)8-12(16)9-15-18(17)13-6-4-11(14)5-7-13/h4-7,10,12,15-16H,3,8-9H2,1-2H3. The largest absolute Gasteiger partial charge is 0.392 e. The van der Waals surface area contributed by atoms with Crippen molar-refractivity contribution >= 4 is 22.6 Å². The van der Waals surface area contributed by atoms with Gasteiger partial charge < -0.3 is 5.11 Å². The molecule has 0 aromatic heterocycles. The van der Waals surface area contributed by atoms with Gasteiger partial charge in [0, 0.05) is 11.6 Å². The van der Waals surface area contributed by atoms with Crippen molar-refractivity contribution < 1.29 is 9.32 Å². The Labute approximate surface area is 116 Å². The van der Waals surface area contributed by atoms with Gasteiger partial charge in [0.1, 0.15) is 11.0 Å². The van der Waals surface area contributed by atoms with Gasteiger partial charge in [0.25, 0.3) is 0 Å². The Morgan fingerprint density at radius 2 is 2.00 bits per heavy atom. The van der Waals surface area contributed by atoms with Crippen molar-refractivity contribution in [3.63, 3.8) is 0 Å². The Balaban J connectivity index is 2.39. The first-order valence-electron chi connectivity index (χ1n) is 6.11. The van der Waals surface area contributed by atoms with Crippen LogP contribution in [0, 0.1) is 5.92 Å². The number of hydrogen-bond acceptors (Lipinski definition) is 2. The van der Waals surface area contributed by atoms with Crippen molar-refractivity contribution in [1.29, 1.82) is 0 Å². The zero-order valence-electron chi connectivity index (χ0n) is 10.7. The summed E-state index contributed by atoms with van der Waals surface area (Å²) in [6.45, 7) is 4.52. The second-order valence-electron chi connectivity index (χ2n) is 4.47. The maximum Gasteiger partial charge on any atom is 0.124 e. The molecule has 3 unspecified atom stereocenters. The summed E-state index contributed by atoms with van der Waals surface area (Å²) >= 11 is 5.76. The number of aliphatic hydroxyl groups is 1. The highest BCUT2D eigenvalue weighted by Crippen LogP contribution is 2.12. The molecule has 0 saturated heterocycles. The average Bonchev–Trinajstić information content (AvgIpc) is 2.36. The molecule has 1 aromatic rings. The first-order chi connectivity index (χ1) is 8.52. The summed E-state index contributed by atoms with van der Waals surface area (Å²) in [6.07, 6.45) is 1.30. The van der Waals surface area contributed by atoms with Crippen molar-refractivity contribution in [3.8, 4) is 0 Å². The van der Waals surface area contributed by atoms with Crippen molar-refractivity contribution in [3.05, 3.63) is 29.3 Å². The molecular weight excluding hydrogens is 270 g/mol. The summed E-state index contributed by atoms with van der Waals surface area (Å²) in [5.41, 5.74) is 0. The van der Waals surface area contributed by atoms with Crippen LogP contribution in [0.1, 0.15) is 26.7 Å². The lowest BCUT2D eigenvalue weighted by atomic mass is 10.0. The van der Waals surface area contributed by atoms with Crippen LogP contribution < -0.4 is 4.72 Å². The lowest BCUT2D eigenvalue weighted by Crippen LogP contribution is -2.29. The van der Waals surface area contributed by atoms with Gasteiger partial charge in [-0.1, -0.05) is 31.9 Å². The van der Waals surface area contributed by atoms with Gasteiger partial charge in [0.2, 0.25) is 0 Å². The predicted octanol–water partition coefficient (Wildman–Crippen LogP) is 2.75. The first-order valence-corrected chi connectivity index (χ1v) is 7.64. The third-order valence-corrected chi connectivity index (χ3v) is 4.23. The van der Waals surface area contributed by atoms with Crippen LogP contribution in [0.2, 0.25) is 5.02 Å². The number of benzene rings is 1. The maximum atomic E-state index is 11.9. The Morgan fingerprint density at radius 1 is 1.39 bits per heavy atom. The summed E-state index contributed by atoms with van der Waals surface area (Å²) in [7, 11) is -1.30. The number of nitrogens with one attached hydrogen (secondary N) is 1. The van der Waals surface area contributed by atoms with E-state index in [1.54, 1.807) is 24.3 Å². The van der Waals surface area contributed by atoms with E-state index in [1.165, 1.54) is 0 Å². The third-order valence-electron chi connectivity index (χ3n) is 2.85. The number of halogens is 1. The Hall–Kier alpha value is -0.420. The van der Waals surface area contributed by atoms with Gasteiger partial charge in [0.05, 0.1) is 11.0 Å². The van der Waals surface area contributed by atoms with E-state index in [1.807, 2.05) is 0 Å². The molecular formula is C13H20ClNO2S. The lowest BCUT2D eigenvalue weighted by Gasteiger charge is -2.15. The first kappa shape index (κ1) is 15.6. The van der Waals surface area contributed by atoms with Gasteiger partial charge in [-0.3, -0.25) is 0 Å². The molecule has 2 N–H and O–H groups in total. The molecule has 0 amide bonds. The molecule has 3 atom stereocenters. The van der Waals surface area contributed by atoms with Crippen LogP contribution in [-0.4, -0.2) is 22.0 Å². The minimum Gasteiger partial charge on any atom is -0.392 e. The van der Waals surface area contributed by atoms with Crippen LogP contribution >= 0.6 is 11.6 Å². The third kappa shape index (κ3) is 5.48. The highest BCUT2D eigenvalue weighted by Gasteiger charge is 2.11. The van der Waals surface area contributed by atoms with Gasteiger partial charge in [0.15, 0.2) is 0 Å². The minimum absolute atomic E-state index is 0.333. The molecule has 0 bridgehead atoms. The maximum absolute atomic E-state index is 11.9. The van der Waals surface area contributed by atoms with E-state index >= 15 is 0 Å². The van der Waals surface area contributed by atoms with E-state index in [0.717, 1.165) is 12.8 Å². The van der Waals surface area contributed by atoms with E-state index in [2.05, 4.69) is 18.6 Å². The number of rotatable bonds is 7. The van der Waals surface area contributed by atoms with Gasteiger partial charge in [-0.15, -0.1) is 0 Å². The Morgan fingerprint density at radius 3 is 2.56 bits per heavy atom. The lowest BCUT2D eigenvalue weighted by molar-refractivity contribution is 0.148. The Kier molecular flexibility index (Phi) is 6.86. The normalized spacial score (nSPS) is 16.2. The highest BCUT2D eigenvalue weighted by atomic mass is 35.5. The number of hydrogen-bond donors (Lipinski definition) is 2. The van der Waals surface area contributed by atoms with E-state index in [9.17, 15) is 9.32 Å². The van der Waals surface area contributed by atoms with E-state index in [4.69, 9.17) is 11.6 Å². The summed E-state index contributed by atoms with van der Waals surface area (Å²) in [6, 6.07) is 6.83. The van der Waals surface area contributed by atoms with Crippen molar-refractivity contribution in [1.82, 2.24) is 4.72 Å². The fraction of sp³-hybridized carbons (Fsp3) is 0.538. The molecule has 18 heavy (non-hydrogen) atoms. The van der Waals surface area contributed by atoms with Gasteiger partial charge in [-0.2, -0.15) is 0 Å². The van der Waals surface area contributed by atoms with Crippen LogP contribution in [-0.2, 0) is 11.0 Å². The second kappa shape index (κ2) is 7.89. The SMILES string of the molecule is CCC(C)CC(O)CNS(=O)c1ccc(Cl)cc1. The molecule has 0 aliphatic heterocycles.